The summed E-state index contributed by atoms with van der Waals surface area (Å²) in [5, 5.41) is 1.16. The largest absolute Gasteiger partial charge is 0.464 e. The number of sulfone groups is 1. The van der Waals surface area contributed by atoms with E-state index in [1.807, 2.05) is 38.2 Å². The van der Waals surface area contributed by atoms with Gasteiger partial charge in [-0.25, -0.2) is 8.42 Å². The molecule has 0 spiro atoms. The van der Waals surface area contributed by atoms with E-state index >= 15 is 0 Å². The number of benzene rings is 1. The van der Waals surface area contributed by atoms with Gasteiger partial charge in [-0.2, -0.15) is 0 Å². The van der Waals surface area contributed by atoms with E-state index in [2.05, 4.69) is 17.1 Å². The van der Waals surface area contributed by atoms with Gasteiger partial charge in [-0.05, 0) is 68.5 Å². The summed E-state index contributed by atoms with van der Waals surface area (Å²) in [4.78, 5) is 3.33. The second kappa shape index (κ2) is 5.24. The summed E-state index contributed by atoms with van der Waals surface area (Å²) in [6, 6.07) is 10.1. The van der Waals surface area contributed by atoms with Gasteiger partial charge in [-0.3, -0.25) is 0 Å². The molecule has 3 aromatic rings. The van der Waals surface area contributed by atoms with Crippen LogP contribution in [0.3, 0.4) is 0 Å². The van der Waals surface area contributed by atoms with Crippen molar-refractivity contribution in [3.05, 3.63) is 48.4 Å². The Labute approximate surface area is 141 Å². The maximum absolute atomic E-state index is 12.3. The molecule has 1 fully saturated rings. The number of H-pyrrole nitrogens is 1. The van der Waals surface area contributed by atoms with E-state index in [0.29, 0.717) is 12.8 Å². The van der Waals surface area contributed by atoms with Crippen LogP contribution in [0.15, 0.2) is 47.2 Å². The highest BCUT2D eigenvalue weighted by atomic mass is 32.2. The molecule has 1 unspecified atom stereocenters. The molecule has 126 valence electrons. The quantitative estimate of drug-likeness (QED) is 0.745. The molecule has 0 bridgehead atoms. The van der Waals surface area contributed by atoms with Gasteiger partial charge < -0.3 is 9.40 Å². The molecule has 1 aliphatic rings. The second-order valence-corrected chi connectivity index (χ2v) is 9.99. The van der Waals surface area contributed by atoms with Crippen LogP contribution in [-0.4, -0.2) is 23.9 Å². The van der Waals surface area contributed by atoms with Gasteiger partial charge in [-0.1, -0.05) is 0 Å². The van der Waals surface area contributed by atoms with E-state index in [-0.39, 0.29) is 11.7 Å². The molecule has 0 radical (unpaired) electrons. The van der Waals surface area contributed by atoms with E-state index in [0.717, 1.165) is 22.2 Å². The first-order valence-electron chi connectivity index (χ1n) is 8.25. The number of furan rings is 1. The van der Waals surface area contributed by atoms with Crippen LogP contribution in [0.4, 0.5) is 0 Å². The average molecular weight is 343 g/mol. The highest BCUT2D eigenvalue weighted by Crippen LogP contribution is 2.42. The number of fused-ring (bicyclic) bond motifs is 1. The first-order chi connectivity index (χ1) is 11.4. The Morgan fingerprint density at radius 3 is 2.79 bits per heavy atom. The summed E-state index contributed by atoms with van der Waals surface area (Å²) in [7, 11) is -3.01. The van der Waals surface area contributed by atoms with Gasteiger partial charge in [-0.15, -0.1) is 0 Å². The molecule has 4 rings (SSSR count). The number of rotatable bonds is 2. The average Bonchev–Trinajstić information content (AvgIpc) is 3.18. The van der Waals surface area contributed by atoms with Crippen molar-refractivity contribution in [1.82, 2.24) is 4.98 Å². The molecule has 1 atom stereocenters. The van der Waals surface area contributed by atoms with Crippen LogP contribution in [0.1, 0.15) is 38.2 Å². The van der Waals surface area contributed by atoms with E-state index in [1.54, 1.807) is 6.26 Å². The van der Waals surface area contributed by atoms with Crippen LogP contribution in [-0.2, 0) is 9.84 Å². The monoisotopic (exact) mass is 343 g/mol. The summed E-state index contributed by atoms with van der Waals surface area (Å²) in [5.74, 6) is 1.36. The lowest BCUT2D eigenvalue weighted by atomic mass is 9.87. The lowest BCUT2D eigenvalue weighted by Gasteiger charge is -2.34. The number of nitrogens with one attached hydrogen (secondary N) is 1. The van der Waals surface area contributed by atoms with Crippen molar-refractivity contribution in [3.8, 4) is 11.3 Å². The van der Waals surface area contributed by atoms with Crippen LogP contribution in [0.2, 0.25) is 0 Å². The fourth-order valence-corrected chi connectivity index (χ4v) is 5.34. The van der Waals surface area contributed by atoms with E-state index < -0.39 is 14.6 Å². The Kier molecular flexibility index (Phi) is 3.39. The maximum atomic E-state index is 12.3. The Balaban J connectivity index is 1.76. The van der Waals surface area contributed by atoms with E-state index in [1.165, 1.54) is 5.56 Å². The molecule has 2 aromatic heterocycles. The molecule has 0 saturated carbocycles. The minimum atomic E-state index is -3.01. The summed E-state index contributed by atoms with van der Waals surface area (Å²) in [6.45, 7) is 3.69. The molecule has 1 N–H and O–H groups in total. The van der Waals surface area contributed by atoms with Crippen molar-refractivity contribution in [2.24, 2.45) is 0 Å². The molecule has 1 aromatic carbocycles. The minimum Gasteiger partial charge on any atom is -0.464 e. The fourth-order valence-electron chi connectivity index (χ4n) is 3.74. The molecule has 0 aliphatic carbocycles. The molecular formula is C19H21NO3S. The predicted octanol–water partition coefficient (Wildman–Crippen LogP) is 4.50. The standard InChI is InChI=1S/C19H21NO3S/c1-19(2)11-14(7-9-24(19,21)22)16-12-20-17-6-5-13(10-15(16)17)18-4-3-8-23-18/h3-6,8,10,12,14,20H,7,9,11H2,1-2H3. The van der Waals surface area contributed by atoms with Gasteiger partial charge in [0.2, 0.25) is 0 Å². The summed E-state index contributed by atoms with van der Waals surface area (Å²) >= 11 is 0. The molecule has 1 aliphatic heterocycles. The van der Waals surface area contributed by atoms with Crippen molar-refractivity contribution >= 4 is 20.7 Å². The third-order valence-corrected chi connectivity index (χ3v) is 7.90. The zero-order chi connectivity index (χ0) is 16.9. The first kappa shape index (κ1) is 15.5. The van der Waals surface area contributed by atoms with Crippen LogP contribution in [0.5, 0.6) is 0 Å². The molecule has 4 nitrogen and oxygen atoms in total. The fraction of sp³-hybridized carbons (Fsp3) is 0.368. The van der Waals surface area contributed by atoms with Crippen molar-refractivity contribution in [2.45, 2.75) is 37.4 Å². The number of aromatic amines is 1. The zero-order valence-electron chi connectivity index (χ0n) is 13.9. The van der Waals surface area contributed by atoms with Gasteiger partial charge in [0, 0.05) is 22.7 Å². The normalized spacial score (nSPS) is 22.7. The lowest BCUT2D eigenvalue weighted by molar-refractivity contribution is 0.451. The number of aromatic nitrogens is 1. The molecule has 0 amide bonds. The third-order valence-electron chi connectivity index (χ3n) is 5.27. The Morgan fingerprint density at radius 2 is 2.08 bits per heavy atom. The summed E-state index contributed by atoms with van der Waals surface area (Å²) < 4.78 is 29.4. The molecule has 1 saturated heterocycles. The number of hydrogen-bond donors (Lipinski definition) is 1. The Morgan fingerprint density at radius 1 is 1.25 bits per heavy atom. The van der Waals surface area contributed by atoms with Crippen molar-refractivity contribution in [3.63, 3.8) is 0 Å². The predicted molar refractivity (Wildman–Crippen MR) is 95.8 cm³/mol. The first-order valence-corrected chi connectivity index (χ1v) is 9.90. The van der Waals surface area contributed by atoms with Gasteiger partial charge in [0.1, 0.15) is 5.76 Å². The van der Waals surface area contributed by atoms with Crippen molar-refractivity contribution in [1.29, 1.82) is 0 Å². The van der Waals surface area contributed by atoms with Crippen LogP contribution in [0.25, 0.3) is 22.2 Å². The zero-order valence-corrected chi connectivity index (χ0v) is 14.7. The highest BCUT2D eigenvalue weighted by molar-refractivity contribution is 7.92. The summed E-state index contributed by atoms with van der Waals surface area (Å²) in [6.07, 6.45) is 5.05. The van der Waals surface area contributed by atoms with Crippen molar-refractivity contribution in [2.75, 3.05) is 5.75 Å². The molecule has 24 heavy (non-hydrogen) atoms. The minimum absolute atomic E-state index is 0.254. The number of hydrogen-bond acceptors (Lipinski definition) is 3. The van der Waals surface area contributed by atoms with Gasteiger partial charge in [0.25, 0.3) is 0 Å². The Bertz CT molecular complexity index is 981. The highest BCUT2D eigenvalue weighted by Gasteiger charge is 2.41. The maximum Gasteiger partial charge on any atom is 0.155 e. The van der Waals surface area contributed by atoms with Crippen LogP contribution in [0, 0.1) is 0 Å². The summed E-state index contributed by atoms with van der Waals surface area (Å²) in [5.41, 5.74) is 3.32. The van der Waals surface area contributed by atoms with Gasteiger partial charge >= 0.3 is 0 Å². The molecular weight excluding hydrogens is 322 g/mol. The molecule has 3 heterocycles. The van der Waals surface area contributed by atoms with Crippen molar-refractivity contribution < 1.29 is 12.8 Å². The smallest absolute Gasteiger partial charge is 0.155 e. The Hall–Kier alpha value is -2.01. The lowest BCUT2D eigenvalue weighted by Crippen LogP contribution is -2.40. The van der Waals surface area contributed by atoms with Gasteiger partial charge in [0.15, 0.2) is 9.84 Å². The topological polar surface area (TPSA) is 63.1 Å². The third kappa shape index (κ3) is 2.38. The molecule has 5 heteroatoms. The van der Waals surface area contributed by atoms with E-state index in [4.69, 9.17) is 4.42 Å². The SMILES string of the molecule is CC1(C)CC(c2c[nH]c3ccc(-c4ccco4)cc23)CCS1(=O)=O. The van der Waals surface area contributed by atoms with Crippen LogP contribution >= 0.6 is 0 Å². The van der Waals surface area contributed by atoms with Crippen LogP contribution < -0.4 is 0 Å². The van der Waals surface area contributed by atoms with E-state index in [9.17, 15) is 8.42 Å². The second-order valence-electron chi connectivity index (χ2n) is 7.25. The van der Waals surface area contributed by atoms with Gasteiger partial charge in [0.05, 0.1) is 16.8 Å².